The zero-order valence-corrected chi connectivity index (χ0v) is 12.6. The molecule has 0 amide bonds. The van der Waals surface area contributed by atoms with Gasteiger partial charge in [0.25, 0.3) is 0 Å². The Hall–Kier alpha value is -1.13. The number of aromatic nitrogens is 2. The number of phenolic OH excluding ortho intramolecular Hbond substituents is 1. The first-order valence-corrected chi connectivity index (χ1v) is 6.57. The van der Waals surface area contributed by atoms with Crippen molar-refractivity contribution >= 4 is 27.5 Å². The normalized spacial score (nSPS) is 10.7. The molecule has 0 aliphatic heterocycles. The monoisotopic (exact) mass is 326 g/mol. The topological polar surface area (TPSA) is 46.0 Å². The smallest absolute Gasteiger partial charge is 0.161 e. The lowest BCUT2D eigenvalue weighted by Crippen LogP contribution is -1.95. The molecular formula is C13H12BrClN2O. The zero-order valence-electron chi connectivity index (χ0n) is 10.3. The van der Waals surface area contributed by atoms with Crippen molar-refractivity contribution in [3.8, 4) is 17.1 Å². The lowest BCUT2D eigenvalue weighted by atomic mass is 10.1. The first-order chi connectivity index (χ1) is 8.40. The van der Waals surface area contributed by atoms with Crippen LogP contribution in [-0.2, 0) is 0 Å². The van der Waals surface area contributed by atoms with Crippen LogP contribution in [0.4, 0.5) is 0 Å². The lowest BCUT2D eigenvalue weighted by Gasteiger charge is -2.09. The highest BCUT2D eigenvalue weighted by Crippen LogP contribution is 2.30. The van der Waals surface area contributed by atoms with Crippen molar-refractivity contribution in [2.45, 2.75) is 20.8 Å². The SMILES string of the molecule is Cc1cc(-c2nc(C)c(Br)c(Cl)n2)cc(C)c1O. The van der Waals surface area contributed by atoms with Crippen molar-refractivity contribution in [2.75, 3.05) is 0 Å². The summed E-state index contributed by atoms with van der Waals surface area (Å²) in [4.78, 5) is 8.63. The Kier molecular flexibility index (Phi) is 3.59. The highest BCUT2D eigenvalue weighted by Gasteiger charge is 2.11. The van der Waals surface area contributed by atoms with Crippen LogP contribution in [0.25, 0.3) is 11.4 Å². The maximum atomic E-state index is 9.76. The maximum absolute atomic E-state index is 9.76. The molecule has 0 aliphatic rings. The molecule has 1 aromatic heterocycles. The molecule has 2 rings (SSSR count). The molecule has 0 saturated carbocycles. The van der Waals surface area contributed by atoms with Crippen molar-refractivity contribution < 1.29 is 5.11 Å². The van der Waals surface area contributed by atoms with Gasteiger partial charge in [-0.05, 0) is 60.0 Å². The van der Waals surface area contributed by atoms with Crippen LogP contribution in [0.3, 0.4) is 0 Å². The third-order valence-electron chi connectivity index (χ3n) is 2.73. The van der Waals surface area contributed by atoms with E-state index in [9.17, 15) is 5.11 Å². The number of benzene rings is 1. The highest BCUT2D eigenvalue weighted by molar-refractivity contribution is 9.10. The minimum absolute atomic E-state index is 0.304. The highest BCUT2D eigenvalue weighted by atomic mass is 79.9. The lowest BCUT2D eigenvalue weighted by molar-refractivity contribution is 0.467. The molecule has 18 heavy (non-hydrogen) atoms. The summed E-state index contributed by atoms with van der Waals surface area (Å²) >= 11 is 9.36. The first kappa shape index (κ1) is 13.3. The van der Waals surface area contributed by atoms with Gasteiger partial charge in [0.15, 0.2) is 5.82 Å². The minimum atomic E-state index is 0.304. The van der Waals surface area contributed by atoms with E-state index in [4.69, 9.17) is 11.6 Å². The Morgan fingerprint density at radius 2 is 1.67 bits per heavy atom. The molecule has 3 nitrogen and oxygen atoms in total. The molecule has 0 fully saturated rings. The number of phenols is 1. The number of aryl methyl sites for hydroxylation is 3. The molecule has 0 aliphatic carbocycles. The Labute approximate surface area is 119 Å². The summed E-state index contributed by atoms with van der Waals surface area (Å²) in [5.74, 6) is 0.866. The Morgan fingerprint density at radius 3 is 2.17 bits per heavy atom. The molecule has 1 N–H and O–H groups in total. The summed E-state index contributed by atoms with van der Waals surface area (Å²) in [5.41, 5.74) is 3.23. The Bertz CT molecular complexity index is 527. The van der Waals surface area contributed by atoms with Crippen molar-refractivity contribution in [2.24, 2.45) is 0 Å². The van der Waals surface area contributed by atoms with Crippen LogP contribution in [0.1, 0.15) is 16.8 Å². The van der Waals surface area contributed by atoms with Crippen molar-refractivity contribution in [3.63, 3.8) is 0 Å². The van der Waals surface area contributed by atoms with E-state index in [1.807, 2.05) is 32.9 Å². The van der Waals surface area contributed by atoms with Gasteiger partial charge in [0, 0.05) is 5.56 Å². The van der Waals surface area contributed by atoms with E-state index in [1.165, 1.54) is 0 Å². The van der Waals surface area contributed by atoms with E-state index in [0.717, 1.165) is 22.4 Å². The number of halogens is 2. The number of hydrogen-bond acceptors (Lipinski definition) is 3. The van der Waals surface area contributed by atoms with E-state index < -0.39 is 0 Å². The van der Waals surface area contributed by atoms with Crippen LogP contribution < -0.4 is 0 Å². The molecule has 94 valence electrons. The van der Waals surface area contributed by atoms with Crippen LogP contribution >= 0.6 is 27.5 Å². The molecule has 2 aromatic rings. The van der Waals surface area contributed by atoms with E-state index in [2.05, 4.69) is 25.9 Å². The van der Waals surface area contributed by atoms with Gasteiger partial charge in [0.1, 0.15) is 10.9 Å². The molecule has 0 atom stereocenters. The maximum Gasteiger partial charge on any atom is 0.161 e. The summed E-state index contributed by atoms with van der Waals surface area (Å²) in [6, 6.07) is 3.70. The third-order valence-corrected chi connectivity index (χ3v) is 4.18. The van der Waals surface area contributed by atoms with Gasteiger partial charge in [-0.15, -0.1) is 0 Å². The first-order valence-electron chi connectivity index (χ1n) is 5.40. The number of rotatable bonds is 1. The quantitative estimate of drug-likeness (QED) is 0.799. The molecule has 1 heterocycles. The molecule has 0 radical (unpaired) electrons. The molecule has 0 bridgehead atoms. The number of hydrogen-bond donors (Lipinski definition) is 1. The second-order valence-corrected chi connectivity index (χ2v) is 5.35. The average Bonchev–Trinajstić information content (AvgIpc) is 2.31. The molecule has 0 unspecified atom stereocenters. The fourth-order valence-corrected chi connectivity index (χ4v) is 2.13. The van der Waals surface area contributed by atoms with E-state index in [-0.39, 0.29) is 0 Å². The van der Waals surface area contributed by atoms with Gasteiger partial charge in [-0.1, -0.05) is 11.6 Å². The Morgan fingerprint density at radius 1 is 1.11 bits per heavy atom. The van der Waals surface area contributed by atoms with Crippen molar-refractivity contribution in [3.05, 3.63) is 38.6 Å². The van der Waals surface area contributed by atoms with Crippen LogP contribution in [0, 0.1) is 20.8 Å². The van der Waals surface area contributed by atoms with Crippen LogP contribution in [0.5, 0.6) is 5.75 Å². The zero-order chi connectivity index (χ0) is 13.4. The van der Waals surface area contributed by atoms with Crippen molar-refractivity contribution in [1.29, 1.82) is 0 Å². The van der Waals surface area contributed by atoms with Crippen LogP contribution in [-0.4, -0.2) is 15.1 Å². The summed E-state index contributed by atoms with van der Waals surface area (Å²) in [5, 5.41) is 10.1. The van der Waals surface area contributed by atoms with Gasteiger partial charge in [-0.2, -0.15) is 0 Å². The van der Waals surface area contributed by atoms with Crippen LogP contribution in [0.2, 0.25) is 5.15 Å². The van der Waals surface area contributed by atoms with Gasteiger partial charge in [0.2, 0.25) is 0 Å². The van der Waals surface area contributed by atoms with E-state index >= 15 is 0 Å². The van der Waals surface area contributed by atoms with Gasteiger partial charge < -0.3 is 5.11 Å². The largest absolute Gasteiger partial charge is 0.507 e. The van der Waals surface area contributed by atoms with Gasteiger partial charge >= 0.3 is 0 Å². The Balaban J connectivity index is 2.63. The standard InChI is InChI=1S/C13H12BrClN2O/c1-6-4-9(5-7(2)11(6)18)13-16-8(3)10(14)12(15)17-13/h4-5,18H,1-3H3. The molecule has 0 saturated heterocycles. The summed E-state index contributed by atoms with van der Waals surface area (Å²) < 4.78 is 0.708. The number of aromatic hydroxyl groups is 1. The fraction of sp³-hybridized carbons (Fsp3) is 0.231. The summed E-state index contributed by atoms with van der Waals surface area (Å²) in [6.07, 6.45) is 0. The predicted octanol–water partition coefficient (Wildman–Crippen LogP) is 4.19. The summed E-state index contributed by atoms with van der Waals surface area (Å²) in [7, 11) is 0. The van der Waals surface area contributed by atoms with Crippen molar-refractivity contribution in [1.82, 2.24) is 9.97 Å². The van der Waals surface area contributed by atoms with Gasteiger partial charge in [0.05, 0.1) is 10.2 Å². The second kappa shape index (κ2) is 4.86. The van der Waals surface area contributed by atoms with E-state index in [1.54, 1.807) is 0 Å². The second-order valence-electron chi connectivity index (χ2n) is 4.20. The molecular weight excluding hydrogens is 316 g/mol. The van der Waals surface area contributed by atoms with Gasteiger partial charge in [-0.25, -0.2) is 9.97 Å². The van der Waals surface area contributed by atoms with E-state index in [0.29, 0.717) is 21.2 Å². The van der Waals surface area contributed by atoms with Gasteiger partial charge in [-0.3, -0.25) is 0 Å². The molecule has 5 heteroatoms. The minimum Gasteiger partial charge on any atom is -0.507 e. The number of nitrogens with zero attached hydrogens (tertiary/aromatic N) is 2. The fourth-order valence-electron chi connectivity index (χ4n) is 1.74. The average molecular weight is 328 g/mol. The molecule has 1 aromatic carbocycles. The van der Waals surface area contributed by atoms with Crippen LogP contribution in [0.15, 0.2) is 16.6 Å². The predicted molar refractivity (Wildman–Crippen MR) is 76.1 cm³/mol. The summed E-state index contributed by atoms with van der Waals surface area (Å²) in [6.45, 7) is 5.56. The molecule has 0 spiro atoms. The third kappa shape index (κ3) is 2.35.